The second-order valence-electron chi connectivity index (χ2n) is 3.20. The summed E-state index contributed by atoms with van der Waals surface area (Å²) in [6.45, 7) is -0.825. The first kappa shape index (κ1) is 12.5. The number of rotatable bonds is 4. The van der Waals surface area contributed by atoms with Crippen molar-refractivity contribution in [1.82, 2.24) is 0 Å². The van der Waals surface area contributed by atoms with E-state index in [1.807, 2.05) is 0 Å². The van der Waals surface area contributed by atoms with Crippen LogP contribution < -0.4 is 0 Å². The van der Waals surface area contributed by atoms with Gasteiger partial charge in [-0.1, -0.05) is 0 Å². The molecule has 0 saturated carbocycles. The highest BCUT2D eigenvalue weighted by molar-refractivity contribution is 5.50. The fourth-order valence-corrected chi connectivity index (χ4v) is 1.34. The Bertz CT molecular complexity index is 207. The van der Waals surface area contributed by atoms with E-state index >= 15 is 0 Å². The molecule has 0 aromatic heterocycles. The molecule has 0 unspecified atom stereocenters. The summed E-state index contributed by atoms with van der Waals surface area (Å²) in [4.78, 5) is 10.0. The molecule has 0 amide bonds. The van der Waals surface area contributed by atoms with Crippen molar-refractivity contribution < 1.29 is 34.7 Å². The van der Waals surface area contributed by atoms with Gasteiger partial charge in [-0.15, -0.1) is 0 Å². The van der Waals surface area contributed by atoms with E-state index < -0.39 is 37.3 Å². The highest BCUT2D eigenvalue weighted by atomic mass is 16.7. The average molecular weight is 222 g/mol. The molecule has 4 N–H and O–H groups in total. The van der Waals surface area contributed by atoms with Gasteiger partial charge in [0.25, 0.3) is 0 Å². The molecule has 1 heterocycles. The fraction of sp³-hybridized carbons (Fsp3) is 0.875. The van der Waals surface area contributed by atoms with Crippen LogP contribution in [-0.2, 0) is 14.3 Å². The van der Waals surface area contributed by atoms with Gasteiger partial charge < -0.3 is 34.7 Å². The summed E-state index contributed by atoms with van der Waals surface area (Å²) in [5.74, 6) is 0. The summed E-state index contributed by atoms with van der Waals surface area (Å²) < 4.78 is 9.71. The minimum absolute atomic E-state index is 0.303. The molecule has 1 aliphatic rings. The van der Waals surface area contributed by atoms with Gasteiger partial charge in [0, 0.05) is 0 Å². The number of hydrogen-bond acceptors (Lipinski definition) is 7. The molecule has 0 aromatic rings. The predicted octanol–water partition coefficient (Wildman–Crippen LogP) is -3.00. The molecule has 1 rings (SSSR count). The average Bonchev–Trinajstić information content (AvgIpc) is 2.25. The van der Waals surface area contributed by atoms with Crippen molar-refractivity contribution in [3.63, 3.8) is 0 Å². The molecule has 0 aliphatic carbocycles. The Morgan fingerprint density at radius 1 is 1.20 bits per heavy atom. The van der Waals surface area contributed by atoms with Crippen LogP contribution in [-0.4, -0.2) is 70.6 Å². The third-order valence-electron chi connectivity index (χ3n) is 2.18. The summed E-state index contributed by atoms with van der Waals surface area (Å²) in [6.07, 6.45) is -6.14. The third-order valence-corrected chi connectivity index (χ3v) is 2.18. The Balaban J connectivity index is 2.60. The molecule has 0 bridgehead atoms. The number of aliphatic hydroxyl groups is 4. The number of aliphatic hydroxyl groups excluding tert-OH is 4. The zero-order valence-corrected chi connectivity index (χ0v) is 7.89. The van der Waals surface area contributed by atoms with Crippen LogP contribution in [0, 0.1) is 0 Å². The Labute approximate surface area is 85.9 Å². The standard InChI is InChI=1S/C8H14O7/c9-1-2-14-8-7(13)6(12)5(11)4(3-10)15-8/h1,4-8,10-13H,2-3H2/t4-,5+,6-,7-,8-/m1/s1. The minimum atomic E-state index is -1.48. The molecular formula is C8H14O7. The maximum Gasteiger partial charge on any atom is 0.187 e. The van der Waals surface area contributed by atoms with Gasteiger partial charge in [-0.25, -0.2) is 0 Å². The maximum atomic E-state index is 10.0. The van der Waals surface area contributed by atoms with E-state index in [1.165, 1.54) is 0 Å². The first-order valence-electron chi connectivity index (χ1n) is 4.47. The van der Waals surface area contributed by atoms with Gasteiger partial charge in [0.05, 0.1) is 6.61 Å². The van der Waals surface area contributed by atoms with E-state index in [1.54, 1.807) is 0 Å². The number of ether oxygens (including phenoxy) is 2. The van der Waals surface area contributed by atoms with Gasteiger partial charge in [0.15, 0.2) is 6.29 Å². The number of aldehydes is 1. The Hall–Kier alpha value is -0.570. The number of hydrogen-bond donors (Lipinski definition) is 4. The van der Waals surface area contributed by atoms with Crippen molar-refractivity contribution >= 4 is 6.29 Å². The summed E-state index contributed by atoms with van der Waals surface area (Å²) >= 11 is 0. The molecule has 0 spiro atoms. The van der Waals surface area contributed by atoms with Gasteiger partial charge in [-0.3, -0.25) is 0 Å². The second-order valence-corrected chi connectivity index (χ2v) is 3.20. The first-order chi connectivity index (χ1) is 7.11. The molecular weight excluding hydrogens is 208 g/mol. The van der Waals surface area contributed by atoms with Crippen molar-refractivity contribution in [3.05, 3.63) is 0 Å². The lowest BCUT2D eigenvalue weighted by Gasteiger charge is -2.39. The van der Waals surface area contributed by atoms with Gasteiger partial charge in [-0.05, 0) is 0 Å². The molecule has 1 saturated heterocycles. The largest absolute Gasteiger partial charge is 0.394 e. The third kappa shape index (κ3) is 2.71. The lowest BCUT2D eigenvalue weighted by molar-refractivity contribution is -0.298. The fourth-order valence-electron chi connectivity index (χ4n) is 1.34. The Kier molecular flexibility index (Phi) is 4.58. The lowest BCUT2D eigenvalue weighted by Crippen LogP contribution is -2.59. The summed E-state index contributed by atoms with van der Waals surface area (Å²) in [7, 11) is 0. The number of carbonyl (C=O) groups is 1. The van der Waals surface area contributed by atoms with E-state index in [-0.39, 0.29) is 6.61 Å². The van der Waals surface area contributed by atoms with E-state index in [0.29, 0.717) is 6.29 Å². The normalized spacial score (nSPS) is 41.5. The molecule has 1 fully saturated rings. The molecule has 5 atom stereocenters. The Morgan fingerprint density at radius 2 is 1.87 bits per heavy atom. The minimum Gasteiger partial charge on any atom is -0.394 e. The molecule has 88 valence electrons. The lowest BCUT2D eigenvalue weighted by atomic mass is 9.99. The Morgan fingerprint density at radius 3 is 2.40 bits per heavy atom. The maximum absolute atomic E-state index is 10.0. The van der Waals surface area contributed by atoms with Crippen LogP contribution in [0.15, 0.2) is 0 Å². The van der Waals surface area contributed by atoms with Gasteiger partial charge in [0.2, 0.25) is 0 Å². The number of carbonyl (C=O) groups excluding carboxylic acids is 1. The SMILES string of the molecule is O=CCO[C@@H]1O[C@H](CO)[C@H](O)[C@@H](O)[C@H]1O. The summed E-state index contributed by atoms with van der Waals surface area (Å²) in [5, 5.41) is 36.9. The van der Waals surface area contributed by atoms with Crippen molar-refractivity contribution in [2.24, 2.45) is 0 Å². The molecule has 0 radical (unpaired) electrons. The van der Waals surface area contributed by atoms with E-state index in [2.05, 4.69) is 0 Å². The van der Waals surface area contributed by atoms with Crippen LogP contribution in [0.2, 0.25) is 0 Å². The summed E-state index contributed by atoms with van der Waals surface area (Å²) in [6, 6.07) is 0. The molecule has 1 aliphatic heterocycles. The van der Waals surface area contributed by atoms with Gasteiger partial charge >= 0.3 is 0 Å². The van der Waals surface area contributed by atoms with Crippen molar-refractivity contribution in [1.29, 1.82) is 0 Å². The van der Waals surface area contributed by atoms with Crippen LogP contribution in [0.3, 0.4) is 0 Å². The quantitative estimate of drug-likeness (QED) is 0.374. The van der Waals surface area contributed by atoms with Crippen LogP contribution in [0.25, 0.3) is 0 Å². The van der Waals surface area contributed by atoms with Crippen molar-refractivity contribution in [2.45, 2.75) is 30.7 Å². The molecule has 7 nitrogen and oxygen atoms in total. The van der Waals surface area contributed by atoms with Crippen LogP contribution >= 0.6 is 0 Å². The van der Waals surface area contributed by atoms with E-state index in [4.69, 9.17) is 14.6 Å². The van der Waals surface area contributed by atoms with E-state index in [9.17, 15) is 20.1 Å². The van der Waals surface area contributed by atoms with E-state index in [0.717, 1.165) is 0 Å². The second kappa shape index (κ2) is 5.50. The van der Waals surface area contributed by atoms with Crippen molar-refractivity contribution in [2.75, 3.05) is 13.2 Å². The van der Waals surface area contributed by atoms with Crippen LogP contribution in [0.4, 0.5) is 0 Å². The van der Waals surface area contributed by atoms with Gasteiger partial charge in [-0.2, -0.15) is 0 Å². The molecule has 7 heteroatoms. The first-order valence-corrected chi connectivity index (χ1v) is 4.47. The van der Waals surface area contributed by atoms with Gasteiger partial charge in [0.1, 0.15) is 37.3 Å². The topological polar surface area (TPSA) is 116 Å². The molecule has 15 heavy (non-hydrogen) atoms. The highest BCUT2D eigenvalue weighted by Crippen LogP contribution is 2.21. The monoisotopic (exact) mass is 222 g/mol. The van der Waals surface area contributed by atoms with Crippen LogP contribution in [0.1, 0.15) is 0 Å². The smallest absolute Gasteiger partial charge is 0.187 e. The zero-order valence-electron chi connectivity index (χ0n) is 7.89. The van der Waals surface area contributed by atoms with Crippen molar-refractivity contribution in [3.8, 4) is 0 Å². The highest BCUT2D eigenvalue weighted by Gasteiger charge is 2.43. The molecule has 0 aromatic carbocycles. The van der Waals surface area contributed by atoms with Crippen LogP contribution in [0.5, 0.6) is 0 Å². The predicted molar refractivity (Wildman–Crippen MR) is 45.8 cm³/mol. The zero-order chi connectivity index (χ0) is 11.4. The summed E-state index contributed by atoms with van der Waals surface area (Å²) in [5.41, 5.74) is 0.